The molecule has 2 aromatic heterocycles. The Bertz CT molecular complexity index is 1470. The Balaban J connectivity index is 1.21. The van der Waals surface area contributed by atoms with Gasteiger partial charge in [-0.05, 0) is 67.3 Å². The van der Waals surface area contributed by atoms with Crippen molar-refractivity contribution in [2.75, 3.05) is 11.1 Å². The Morgan fingerprint density at radius 1 is 1.21 bits per heavy atom. The maximum atomic E-state index is 12.9. The van der Waals surface area contributed by atoms with Gasteiger partial charge in [0.1, 0.15) is 0 Å². The standard InChI is InChI=1S/C25H20ClN5O2S/c26-16-2-4-18-20(11-16)27-8-7-22(18)31-12-15-9-17(3-5-19(15)30-31)28-25(33)14-1-6-23-21(10-14)29-24(32)13-34-23/h1-2,4,6-8,10-12,17H,3,5,9,13H2,(H,28,33)(H,29,32). The van der Waals surface area contributed by atoms with Crippen LogP contribution in [0.5, 0.6) is 0 Å². The van der Waals surface area contributed by atoms with Gasteiger partial charge >= 0.3 is 0 Å². The average Bonchev–Trinajstić information content (AvgIpc) is 3.26. The number of amides is 2. The van der Waals surface area contributed by atoms with E-state index in [9.17, 15) is 9.59 Å². The van der Waals surface area contributed by atoms with Crippen molar-refractivity contribution in [3.05, 3.63) is 76.7 Å². The lowest BCUT2D eigenvalue weighted by molar-refractivity contribution is -0.113. The molecule has 1 aliphatic carbocycles. The molecule has 0 spiro atoms. The Labute approximate surface area is 204 Å². The molecule has 1 atom stereocenters. The van der Waals surface area contributed by atoms with Crippen LogP contribution in [0.2, 0.25) is 5.02 Å². The van der Waals surface area contributed by atoms with Crippen molar-refractivity contribution in [1.82, 2.24) is 20.1 Å². The molecule has 2 aromatic carbocycles. The van der Waals surface area contributed by atoms with Crippen LogP contribution in [0, 0.1) is 0 Å². The zero-order valence-corrected chi connectivity index (χ0v) is 19.6. The lowest BCUT2D eigenvalue weighted by Crippen LogP contribution is -2.38. The normalized spacial score (nSPS) is 17.1. The molecule has 9 heteroatoms. The van der Waals surface area contributed by atoms with E-state index >= 15 is 0 Å². The summed E-state index contributed by atoms with van der Waals surface area (Å²) in [5, 5.41) is 12.5. The van der Waals surface area contributed by atoms with Gasteiger partial charge < -0.3 is 10.6 Å². The average molecular weight is 490 g/mol. The van der Waals surface area contributed by atoms with Crippen LogP contribution in [-0.4, -0.2) is 38.4 Å². The van der Waals surface area contributed by atoms with Crippen molar-refractivity contribution in [3.63, 3.8) is 0 Å². The molecule has 2 N–H and O–H groups in total. The Morgan fingerprint density at radius 3 is 3.03 bits per heavy atom. The Morgan fingerprint density at radius 2 is 2.12 bits per heavy atom. The third kappa shape index (κ3) is 3.93. The number of fused-ring (bicyclic) bond motifs is 3. The molecule has 34 heavy (non-hydrogen) atoms. The lowest BCUT2D eigenvalue weighted by Gasteiger charge is -2.23. The van der Waals surface area contributed by atoms with E-state index in [1.807, 2.05) is 47.3 Å². The number of anilines is 1. The molecule has 6 rings (SSSR count). The second-order valence-corrected chi connectivity index (χ2v) is 9.95. The van der Waals surface area contributed by atoms with Gasteiger partial charge in [0.2, 0.25) is 5.91 Å². The molecule has 4 aromatic rings. The maximum absolute atomic E-state index is 12.9. The van der Waals surface area contributed by atoms with Gasteiger partial charge in [-0.2, -0.15) is 5.10 Å². The van der Waals surface area contributed by atoms with Crippen molar-refractivity contribution in [2.24, 2.45) is 0 Å². The van der Waals surface area contributed by atoms with Crippen LogP contribution in [0.3, 0.4) is 0 Å². The highest BCUT2D eigenvalue weighted by molar-refractivity contribution is 8.00. The molecular weight excluding hydrogens is 470 g/mol. The number of carbonyl (C=O) groups is 2. The monoisotopic (exact) mass is 489 g/mol. The summed E-state index contributed by atoms with van der Waals surface area (Å²) in [4.78, 5) is 30.0. The van der Waals surface area contributed by atoms with Crippen LogP contribution in [0.25, 0.3) is 16.6 Å². The molecular formula is C25H20ClN5O2S. The number of halogens is 1. The van der Waals surface area contributed by atoms with Gasteiger partial charge in [-0.1, -0.05) is 11.6 Å². The number of hydrogen-bond acceptors (Lipinski definition) is 5. The molecule has 0 bridgehead atoms. The third-order valence-corrected chi connectivity index (χ3v) is 7.52. The van der Waals surface area contributed by atoms with Gasteiger partial charge in [0, 0.05) is 39.3 Å². The van der Waals surface area contributed by atoms with Crippen LogP contribution >= 0.6 is 23.4 Å². The molecule has 0 saturated heterocycles. The topological polar surface area (TPSA) is 88.9 Å². The van der Waals surface area contributed by atoms with E-state index in [-0.39, 0.29) is 17.9 Å². The van der Waals surface area contributed by atoms with Crippen molar-refractivity contribution < 1.29 is 9.59 Å². The number of nitrogens with zero attached hydrogens (tertiary/aromatic N) is 3. The molecule has 2 amide bonds. The summed E-state index contributed by atoms with van der Waals surface area (Å²) >= 11 is 7.61. The fraction of sp³-hybridized carbons (Fsp3) is 0.200. The first kappa shape index (κ1) is 21.2. The van der Waals surface area contributed by atoms with Crippen molar-refractivity contribution in [1.29, 1.82) is 0 Å². The minimum atomic E-state index is -0.134. The zero-order valence-electron chi connectivity index (χ0n) is 18.0. The molecule has 0 radical (unpaired) electrons. The van der Waals surface area contributed by atoms with Crippen LogP contribution in [-0.2, 0) is 17.6 Å². The molecule has 1 aliphatic heterocycles. The number of aromatic nitrogens is 3. The van der Waals surface area contributed by atoms with Gasteiger partial charge in [-0.25, -0.2) is 4.68 Å². The number of benzene rings is 2. The van der Waals surface area contributed by atoms with E-state index in [2.05, 4.69) is 15.6 Å². The number of hydrogen-bond donors (Lipinski definition) is 2. The van der Waals surface area contributed by atoms with Crippen LogP contribution in [0.15, 0.2) is 59.8 Å². The van der Waals surface area contributed by atoms with E-state index in [0.717, 1.165) is 45.6 Å². The number of aryl methyl sites for hydroxylation is 1. The van der Waals surface area contributed by atoms with Gasteiger partial charge in [0.05, 0.1) is 28.3 Å². The van der Waals surface area contributed by atoms with E-state index < -0.39 is 0 Å². The molecule has 1 unspecified atom stereocenters. The second kappa shape index (κ2) is 8.45. The zero-order chi connectivity index (χ0) is 23.2. The van der Waals surface area contributed by atoms with E-state index in [1.54, 1.807) is 12.3 Å². The lowest BCUT2D eigenvalue weighted by atomic mass is 9.93. The summed E-state index contributed by atoms with van der Waals surface area (Å²) in [7, 11) is 0. The van der Waals surface area contributed by atoms with Crippen LogP contribution in [0.4, 0.5) is 5.69 Å². The molecule has 170 valence electrons. The number of carbonyl (C=O) groups excluding carboxylic acids is 2. The van der Waals surface area contributed by atoms with E-state index in [4.69, 9.17) is 16.7 Å². The summed E-state index contributed by atoms with van der Waals surface area (Å²) in [6, 6.07) is 13.1. The fourth-order valence-corrected chi connectivity index (χ4v) is 5.51. The van der Waals surface area contributed by atoms with Gasteiger partial charge in [0.25, 0.3) is 5.91 Å². The number of nitrogens with one attached hydrogen (secondary N) is 2. The summed E-state index contributed by atoms with van der Waals surface area (Å²) in [6.07, 6.45) is 6.13. The van der Waals surface area contributed by atoms with E-state index in [1.165, 1.54) is 11.8 Å². The predicted octanol–water partition coefficient (Wildman–Crippen LogP) is 4.41. The largest absolute Gasteiger partial charge is 0.349 e. The first-order valence-corrected chi connectivity index (χ1v) is 12.4. The SMILES string of the molecule is O=C1CSc2ccc(C(=O)NC3CCc4nn(-c5ccnc6cc(Cl)ccc56)cc4C3)cc2N1. The van der Waals surface area contributed by atoms with Gasteiger partial charge in [-0.3, -0.25) is 14.6 Å². The molecule has 0 saturated carbocycles. The number of rotatable bonds is 3. The molecule has 0 fully saturated rings. The van der Waals surface area contributed by atoms with Crippen molar-refractivity contribution in [3.8, 4) is 5.69 Å². The van der Waals surface area contributed by atoms with E-state index in [0.29, 0.717) is 28.4 Å². The second-order valence-electron chi connectivity index (χ2n) is 8.50. The summed E-state index contributed by atoms with van der Waals surface area (Å²) < 4.78 is 1.90. The third-order valence-electron chi connectivity index (χ3n) is 6.21. The highest BCUT2D eigenvalue weighted by Gasteiger charge is 2.25. The summed E-state index contributed by atoms with van der Waals surface area (Å²) in [5.74, 6) is 0.224. The summed E-state index contributed by atoms with van der Waals surface area (Å²) in [5.41, 5.74) is 5.20. The minimum Gasteiger partial charge on any atom is -0.349 e. The van der Waals surface area contributed by atoms with Gasteiger partial charge in [0.15, 0.2) is 0 Å². The highest BCUT2D eigenvalue weighted by atomic mass is 35.5. The molecule has 3 heterocycles. The van der Waals surface area contributed by atoms with Crippen LogP contribution < -0.4 is 10.6 Å². The number of pyridine rings is 1. The Kier molecular flexibility index (Phi) is 5.27. The van der Waals surface area contributed by atoms with Crippen LogP contribution in [0.1, 0.15) is 28.0 Å². The minimum absolute atomic E-state index is 0.0191. The predicted molar refractivity (Wildman–Crippen MR) is 133 cm³/mol. The first-order chi connectivity index (χ1) is 16.5. The first-order valence-electron chi connectivity index (χ1n) is 11.0. The van der Waals surface area contributed by atoms with Crippen molar-refractivity contribution >= 4 is 51.8 Å². The van der Waals surface area contributed by atoms with Crippen molar-refractivity contribution in [2.45, 2.75) is 30.2 Å². The fourth-order valence-electron chi connectivity index (χ4n) is 4.55. The molecule has 7 nitrogen and oxygen atoms in total. The van der Waals surface area contributed by atoms with Gasteiger partial charge in [-0.15, -0.1) is 11.8 Å². The number of thioether (sulfide) groups is 1. The smallest absolute Gasteiger partial charge is 0.251 e. The maximum Gasteiger partial charge on any atom is 0.251 e. The Hall–Kier alpha value is -3.36. The quantitative estimate of drug-likeness (QED) is 0.445. The summed E-state index contributed by atoms with van der Waals surface area (Å²) in [6.45, 7) is 0. The molecule has 2 aliphatic rings. The highest BCUT2D eigenvalue weighted by Crippen LogP contribution is 2.32.